The van der Waals surface area contributed by atoms with E-state index in [1.54, 1.807) is 6.08 Å². The molecule has 0 unspecified atom stereocenters. The predicted octanol–water partition coefficient (Wildman–Crippen LogP) is 8.28. The summed E-state index contributed by atoms with van der Waals surface area (Å²) in [6.07, 6.45) is 6.51. The molecule has 0 aliphatic rings. The van der Waals surface area contributed by atoms with Crippen LogP contribution in [0, 0.1) is 0 Å². The van der Waals surface area contributed by atoms with Crippen molar-refractivity contribution in [3.63, 3.8) is 0 Å². The van der Waals surface area contributed by atoms with E-state index in [1.165, 1.54) is 28.8 Å². The first kappa shape index (κ1) is 30.9. The second kappa shape index (κ2) is 15.8. The van der Waals surface area contributed by atoms with E-state index in [4.69, 9.17) is 9.47 Å². The van der Waals surface area contributed by atoms with Crippen LogP contribution in [0.2, 0.25) is 0 Å². The highest BCUT2D eigenvalue weighted by molar-refractivity contribution is 5.87. The lowest BCUT2D eigenvalue weighted by molar-refractivity contribution is -0.141. The van der Waals surface area contributed by atoms with Gasteiger partial charge in [0, 0.05) is 12.2 Å². The largest absolute Gasteiger partial charge is 0.463 e. The lowest BCUT2D eigenvalue weighted by Gasteiger charge is -2.14. The zero-order valence-electron chi connectivity index (χ0n) is 23.5. The first-order valence-electron chi connectivity index (χ1n) is 12.9. The molecule has 36 heavy (non-hydrogen) atoms. The van der Waals surface area contributed by atoms with Crippen LogP contribution in [0.3, 0.4) is 0 Å². The third-order valence-electron chi connectivity index (χ3n) is 5.45. The maximum absolute atomic E-state index is 11.4. The predicted molar refractivity (Wildman–Crippen MR) is 151 cm³/mol. The van der Waals surface area contributed by atoms with Crippen LogP contribution in [0.15, 0.2) is 54.6 Å². The minimum Gasteiger partial charge on any atom is -0.463 e. The maximum Gasteiger partial charge on any atom is 0.331 e. The molecule has 0 spiro atoms. The smallest absolute Gasteiger partial charge is 0.331 e. The monoisotopic (exact) mass is 492 g/mol. The van der Waals surface area contributed by atoms with Gasteiger partial charge in [0.15, 0.2) is 0 Å². The average molecular weight is 493 g/mol. The number of esters is 2. The summed E-state index contributed by atoms with van der Waals surface area (Å²) in [5.74, 6) is 0.887. The number of rotatable bonds is 9. The number of benzene rings is 2. The number of hydrogen-bond donors (Lipinski definition) is 0. The van der Waals surface area contributed by atoms with E-state index in [-0.39, 0.29) is 18.0 Å². The van der Waals surface area contributed by atoms with Crippen molar-refractivity contribution < 1.29 is 19.1 Å². The summed E-state index contributed by atoms with van der Waals surface area (Å²) in [6, 6.07) is 14.6. The normalized spacial score (nSPS) is 11.5. The van der Waals surface area contributed by atoms with Crippen LogP contribution in [0.25, 0.3) is 12.2 Å². The highest BCUT2D eigenvalue weighted by Gasteiger charge is 2.08. The van der Waals surface area contributed by atoms with Crippen molar-refractivity contribution in [3.05, 3.63) is 82.4 Å². The van der Waals surface area contributed by atoms with Gasteiger partial charge >= 0.3 is 11.9 Å². The van der Waals surface area contributed by atoms with E-state index in [1.807, 2.05) is 39.0 Å². The quantitative estimate of drug-likeness (QED) is 0.261. The van der Waals surface area contributed by atoms with Crippen LogP contribution in [0.5, 0.6) is 0 Å². The molecule has 0 aliphatic carbocycles. The van der Waals surface area contributed by atoms with E-state index in [2.05, 4.69) is 71.9 Å². The molecule has 4 nitrogen and oxygen atoms in total. The summed E-state index contributed by atoms with van der Waals surface area (Å²) in [5, 5.41) is 0. The van der Waals surface area contributed by atoms with Gasteiger partial charge in [-0.05, 0) is 78.5 Å². The molecule has 0 fully saturated rings. The molecule has 0 radical (unpaired) electrons. The fourth-order valence-corrected chi connectivity index (χ4v) is 3.38. The van der Waals surface area contributed by atoms with Crippen molar-refractivity contribution in [1.29, 1.82) is 0 Å². The van der Waals surface area contributed by atoms with Gasteiger partial charge in [-0.3, -0.25) is 0 Å². The van der Waals surface area contributed by atoms with Gasteiger partial charge in [-0.15, -0.1) is 0 Å². The first-order valence-corrected chi connectivity index (χ1v) is 12.9. The molecule has 0 saturated heterocycles. The molecular weight excluding hydrogens is 448 g/mol. The summed E-state index contributed by atoms with van der Waals surface area (Å²) in [5.41, 5.74) is 6.00. The Morgan fingerprint density at radius 1 is 0.722 bits per heavy atom. The molecule has 0 saturated carbocycles. The number of ether oxygens (including phenoxy) is 2. The summed E-state index contributed by atoms with van der Waals surface area (Å²) in [4.78, 5) is 22.7. The van der Waals surface area contributed by atoms with Gasteiger partial charge in [0.1, 0.15) is 0 Å². The van der Waals surface area contributed by atoms with E-state index in [0.717, 1.165) is 11.1 Å². The molecular formula is C32H44O4. The Morgan fingerprint density at radius 3 is 1.78 bits per heavy atom. The molecule has 4 heteroatoms. The molecule has 196 valence electrons. The highest BCUT2D eigenvalue weighted by Crippen LogP contribution is 2.25. The Hall–Kier alpha value is -3.14. The Morgan fingerprint density at radius 2 is 1.28 bits per heavy atom. The fourth-order valence-electron chi connectivity index (χ4n) is 3.38. The third-order valence-corrected chi connectivity index (χ3v) is 5.45. The molecule has 0 heterocycles. The van der Waals surface area contributed by atoms with Crippen molar-refractivity contribution in [2.75, 3.05) is 6.61 Å². The third kappa shape index (κ3) is 11.5. The summed E-state index contributed by atoms with van der Waals surface area (Å²) >= 11 is 0. The van der Waals surface area contributed by atoms with Crippen molar-refractivity contribution in [2.45, 2.75) is 86.2 Å². The summed E-state index contributed by atoms with van der Waals surface area (Å²) in [6.45, 7) is 18.9. The first-order chi connectivity index (χ1) is 16.9. The lowest BCUT2D eigenvalue weighted by Crippen LogP contribution is -2.08. The molecule has 0 aliphatic heterocycles. The molecule has 2 aromatic rings. The van der Waals surface area contributed by atoms with Crippen molar-refractivity contribution in [3.8, 4) is 0 Å². The van der Waals surface area contributed by atoms with Crippen molar-refractivity contribution in [1.82, 2.24) is 0 Å². The second-order valence-corrected chi connectivity index (χ2v) is 9.92. The van der Waals surface area contributed by atoms with E-state index >= 15 is 0 Å². The van der Waals surface area contributed by atoms with Crippen molar-refractivity contribution >= 4 is 24.1 Å². The second-order valence-electron chi connectivity index (χ2n) is 9.92. The van der Waals surface area contributed by atoms with Gasteiger partial charge in [-0.1, -0.05) is 84.0 Å². The van der Waals surface area contributed by atoms with E-state index in [9.17, 15) is 9.59 Å². The molecule has 0 aromatic heterocycles. The van der Waals surface area contributed by atoms with Gasteiger partial charge in [0.25, 0.3) is 0 Å². The van der Waals surface area contributed by atoms with Crippen LogP contribution >= 0.6 is 0 Å². The van der Waals surface area contributed by atoms with Gasteiger partial charge < -0.3 is 9.47 Å². The van der Waals surface area contributed by atoms with Crippen molar-refractivity contribution in [2.24, 2.45) is 0 Å². The lowest BCUT2D eigenvalue weighted by atomic mass is 9.91. The SMILES string of the molecule is CC(C)OC(=O)C=Cc1ccc(C(C)C)cc1.CCOC(=O)C=Cc1ccc(C(C)C)cc1C(C)C. The van der Waals surface area contributed by atoms with Gasteiger partial charge in [0.2, 0.25) is 0 Å². The van der Waals surface area contributed by atoms with E-state index in [0.29, 0.717) is 24.4 Å². The number of carbonyl (C=O) groups excluding carboxylic acids is 2. The number of carbonyl (C=O) groups is 2. The fraction of sp³-hybridized carbons (Fsp3) is 0.438. The van der Waals surface area contributed by atoms with Crippen LogP contribution in [-0.4, -0.2) is 24.6 Å². The Balaban J connectivity index is 0.000000362. The molecule has 0 bridgehead atoms. The van der Waals surface area contributed by atoms with Gasteiger partial charge in [0.05, 0.1) is 12.7 Å². The van der Waals surface area contributed by atoms with Gasteiger partial charge in [-0.2, -0.15) is 0 Å². The standard InChI is InChI=1S/C17H24O2.C15H20O2/c1-6-19-17(18)10-9-14-7-8-15(12(2)3)11-16(14)13(4)5;1-11(2)14-8-5-13(6-9-14)7-10-15(16)17-12(3)4/h7-13H,6H2,1-5H3;5-12H,1-4H3. The van der Waals surface area contributed by atoms with Crippen LogP contribution in [-0.2, 0) is 19.1 Å². The minimum absolute atomic E-state index is 0.0736. The van der Waals surface area contributed by atoms with Crippen LogP contribution in [0.1, 0.15) is 108 Å². The zero-order valence-corrected chi connectivity index (χ0v) is 23.5. The molecule has 2 rings (SSSR count). The molecule has 0 atom stereocenters. The number of hydrogen-bond acceptors (Lipinski definition) is 4. The summed E-state index contributed by atoms with van der Waals surface area (Å²) < 4.78 is 9.91. The average Bonchev–Trinajstić information content (AvgIpc) is 2.81. The van der Waals surface area contributed by atoms with Crippen LogP contribution in [0.4, 0.5) is 0 Å². The Bertz CT molecular complexity index is 1010. The molecule has 0 N–H and O–H groups in total. The Kier molecular flexibility index (Phi) is 13.5. The molecule has 0 amide bonds. The minimum atomic E-state index is -0.298. The van der Waals surface area contributed by atoms with E-state index < -0.39 is 0 Å². The maximum atomic E-state index is 11.4. The topological polar surface area (TPSA) is 52.6 Å². The van der Waals surface area contributed by atoms with Crippen LogP contribution < -0.4 is 0 Å². The highest BCUT2D eigenvalue weighted by atomic mass is 16.5. The zero-order chi connectivity index (χ0) is 27.3. The molecule has 2 aromatic carbocycles. The summed E-state index contributed by atoms with van der Waals surface area (Å²) in [7, 11) is 0. The Labute approximate surface area is 218 Å². The van der Waals surface area contributed by atoms with Gasteiger partial charge in [-0.25, -0.2) is 9.59 Å².